The number of nitrogens with one attached hydrogen (secondary N) is 1. The van der Waals surface area contributed by atoms with Crippen LogP contribution in [0.3, 0.4) is 0 Å². The number of halogens is 3. The highest BCUT2D eigenvalue weighted by atomic mass is 79.9. The minimum absolute atomic E-state index is 0.219. The summed E-state index contributed by atoms with van der Waals surface area (Å²) in [5, 5.41) is 2.47. The zero-order valence-corrected chi connectivity index (χ0v) is 11.9. The minimum atomic E-state index is -0.753. The van der Waals surface area contributed by atoms with Crippen molar-refractivity contribution in [3.05, 3.63) is 33.3 Å². The molecular weight excluding hydrogens is 313 g/mol. The van der Waals surface area contributed by atoms with Crippen LogP contribution in [-0.2, 0) is 4.79 Å². The summed E-state index contributed by atoms with van der Waals surface area (Å²) < 4.78 is 0.848. The first-order valence-electron chi connectivity index (χ1n) is 4.93. The molecule has 0 fully saturated rings. The van der Waals surface area contributed by atoms with Crippen LogP contribution in [0.4, 0.5) is 0 Å². The van der Waals surface area contributed by atoms with Crippen molar-refractivity contribution < 1.29 is 4.79 Å². The van der Waals surface area contributed by atoms with Gasteiger partial charge >= 0.3 is 0 Å². The van der Waals surface area contributed by atoms with E-state index in [2.05, 4.69) is 21.2 Å². The molecule has 1 unspecified atom stereocenters. The third kappa shape index (κ3) is 3.65. The molecule has 1 aromatic carbocycles. The number of hydrogen-bond donors (Lipinski definition) is 1. The van der Waals surface area contributed by atoms with Gasteiger partial charge in [0.15, 0.2) is 0 Å². The van der Waals surface area contributed by atoms with Crippen LogP contribution in [-0.4, -0.2) is 12.5 Å². The summed E-state index contributed by atoms with van der Waals surface area (Å²) in [6, 6.07) is 5.27. The molecule has 0 saturated carbocycles. The lowest BCUT2D eigenvalue weighted by molar-refractivity contribution is -0.120. The molecule has 0 aliphatic carbocycles. The summed E-state index contributed by atoms with van der Waals surface area (Å²) in [7, 11) is 0. The summed E-state index contributed by atoms with van der Waals surface area (Å²) in [5.41, 5.74) is 0.617. The van der Waals surface area contributed by atoms with Gasteiger partial charge in [-0.25, -0.2) is 0 Å². The molecule has 1 rings (SSSR count). The average molecular weight is 325 g/mol. The SMILES string of the molecule is CCCNC(=O)C(Cl)c1cc(Br)ccc1Cl. The van der Waals surface area contributed by atoms with Gasteiger partial charge in [0, 0.05) is 16.0 Å². The van der Waals surface area contributed by atoms with Crippen LogP contribution < -0.4 is 5.32 Å². The Morgan fingerprint density at radius 3 is 2.88 bits per heavy atom. The molecule has 16 heavy (non-hydrogen) atoms. The Hall–Kier alpha value is -0.250. The largest absolute Gasteiger partial charge is 0.355 e. The molecule has 0 aliphatic heterocycles. The van der Waals surface area contributed by atoms with Crippen molar-refractivity contribution in [1.29, 1.82) is 0 Å². The fourth-order valence-corrected chi connectivity index (χ4v) is 2.11. The van der Waals surface area contributed by atoms with Crippen LogP contribution in [0.2, 0.25) is 5.02 Å². The maximum absolute atomic E-state index is 11.6. The molecule has 5 heteroatoms. The highest BCUT2D eigenvalue weighted by Crippen LogP contribution is 2.30. The van der Waals surface area contributed by atoms with Gasteiger partial charge < -0.3 is 5.32 Å². The Balaban J connectivity index is 2.82. The van der Waals surface area contributed by atoms with Gasteiger partial charge in [-0.05, 0) is 30.2 Å². The Morgan fingerprint density at radius 2 is 2.25 bits per heavy atom. The van der Waals surface area contributed by atoms with E-state index in [1.807, 2.05) is 6.92 Å². The van der Waals surface area contributed by atoms with E-state index in [0.717, 1.165) is 10.9 Å². The van der Waals surface area contributed by atoms with Gasteiger partial charge in [-0.3, -0.25) is 4.79 Å². The van der Waals surface area contributed by atoms with Crippen LogP contribution in [0.1, 0.15) is 24.3 Å². The molecule has 1 atom stereocenters. The normalized spacial score (nSPS) is 12.2. The molecule has 2 nitrogen and oxygen atoms in total. The Labute approximate surface area is 113 Å². The molecule has 1 N–H and O–H groups in total. The third-order valence-corrected chi connectivity index (χ3v) is 3.28. The lowest BCUT2D eigenvalue weighted by Gasteiger charge is -2.12. The average Bonchev–Trinajstić information content (AvgIpc) is 2.28. The second kappa shape index (κ2) is 6.48. The van der Waals surface area contributed by atoms with E-state index in [1.165, 1.54) is 0 Å². The summed E-state index contributed by atoms with van der Waals surface area (Å²) in [6.07, 6.45) is 0.877. The number of amides is 1. The summed E-state index contributed by atoms with van der Waals surface area (Å²) in [5.74, 6) is -0.219. The fourth-order valence-electron chi connectivity index (χ4n) is 1.19. The second-order valence-electron chi connectivity index (χ2n) is 3.32. The molecule has 0 aromatic heterocycles. The monoisotopic (exact) mass is 323 g/mol. The van der Waals surface area contributed by atoms with E-state index in [-0.39, 0.29) is 5.91 Å². The number of alkyl halides is 1. The minimum Gasteiger partial charge on any atom is -0.355 e. The molecule has 1 aromatic rings. The lowest BCUT2D eigenvalue weighted by atomic mass is 10.1. The summed E-state index contributed by atoms with van der Waals surface area (Å²) in [4.78, 5) is 11.6. The molecule has 0 heterocycles. The topological polar surface area (TPSA) is 29.1 Å². The highest BCUT2D eigenvalue weighted by molar-refractivity contribution is 9.10. The number of carbonyl (C=O) groups is 1. The predicted octanol–water partition coefficient (Wildman–Crippen LogP) is 3.91. The smallest absolute Gasteiger partial charge is 0.242 e. The number of hydrogen-bond acceptors (Lipinski definition) is 1. The molecule has 0 saturated heterocycles. The van der Waals surface area contributed by atoms with E-state index in [0.29, 0.717) is 17.1 Å². The standard InChI is InChI=1S/C11H12BrCl2NO/c1-2-5-15-11(16)10(14)8-6-7(12)3-4-9(8)13/h3-4,6,10H,2,5H2,1H3,(H,15,16). The highest BCUT2D eigenvalue weighted by Gasteiger charge is 2.19. The van der Waals surface area contributed by atoms with Crippen molar-refractivity contribution in [1.82, 2.24) is 5.32 Å². The first kappa shape index (κ1) is 13.8. The molecule has 88 valence electrons. The summed E-state index contributed by atoms with van der Waals surface area (Å²) >= 11 is 15.4. The molecular formula is C11H12BrCl2NO. The number of carbonyl (C=O) groups excluding carboxylic acids is 1. The van der Waals surface area contributed by atoms with Crippen LogP contribution in [0.15, 0.2) is 22.7 Å². The molecule has 0 bridgehead atoms. The van der Waals surface area contributed by atoms with Gasteiger partial charge in [-0.2, -0.15) is 0 Å². The van der Waals surface area contributed by atoms with E-state index in [1.54, 1.807) is 18.2 Å². The zero-order chi connectivity index (χ0) is 12.1. The van der Waals surface area contributed by atoms with E-state index in [9.17, 15) is 4.79 Å². The van der Waals surface area contributed by atoms with E-state index >= 15 is 0 Å². The number of rotatable bonds is 4. The number of benzene rings is 1. The molecule has 0 radical (unpaired) electrons. The zero-order valence-electron chi connectivity index (χ0n) is 8.77. The van der Waals surface area contributed by atoms with Crippen LogP contribution in [0, 0.1) is 0 Å². The van der Waals surface area contributed by atoms with Gasteiger partial charge in [-0.1, -0.05) is 34.5 Å². The van der Waals surface area contributed by atoms with E-state index < -0.39 is 5.38 Å². The van der Waals surface area contributed by atoms with Crippen molar-refractivity contribution in [3.63, 3.8) is 0 Å². The van der Waals surface area contributed by atoms with Crippen molar-refractivity contribution >= 4 is 45.0 Å². The third-order valence-electron chi connectivity index (χ3n) is 2.01. The second-order valence-corrected chi connectivity index (χ2v) is 5.08. The Kier molecular flexibility index (Phi) is 5.59. The Morgan fingerprint density at radius 1 is 1.56 bits per heavy atom. The molecule has 1 amide bonds. The quantitative estimate of drug-likeness (QED) is 0.836. The summed E-state index contributed by atoms with van der Waals surface area (Å²) in [6.45, 7) is 2.60. The van der Waals surface area contributed by atoms with Gasteiger partial charge in [0.25, 0.3) is 0 Å². The van der Waals surface area contributed by atoms with Gasteiger partial charge in [-0.15, -0.1) is 11.6 Å². The van der Waals surface area contributed by atoms with Gasteiger partial charge in [0.1, 0.15) is 5.38 Å². The fraction of sp³-hybridized carbons (Fsp3) is 0.364. The first-order valence-corrected chi connectivity index (χ1v) is 6.53. The predicted molar refractivity (Wildman–Crippen MR) is 71.0 cm³/mol. The van der Waals surface area contributed by atoms with Crippen molar-refractivity contribution in [3.8, 4) is 0 Å². The molecule has 0 aliphatic rings. The van der Waals surface area contributed by atoms with Crippen molar-refractivity contribution in [2.45, 2.75) is 18.7 Å². The van der Waals surface area contributed by atoms with Crippen molar-refractivity contribution in [2.24, 2.45) is 0 Å². The van der Waals surface area contributed by atoms with Crippen LogP contribution >= 0.6 is 39.1 Å². The maximum Gasteiger partial charge on any atom is 0.242 e. The lowest BCUT2D eigenvalue weighted by Crippen LogP contribution is -2.27. The first-order chi connectivity index (χ1) is 7.56. The maximum atomic E-state index is 11.6. The van der Waals surface area contributed by atoms with E-state index in [4.69, 9.17) is 23.2 Å². The van der Waals surface area contributed by atoms with Gasteiger partial charge in [0.2, 0.25) is 5.91 Å². The Bertz CT molecular complexity index is 384. The van der Waals surface area contributed by atoms with Crippen LogP contribution in [0.25, 0.3) is 0 Å². The van der Waals surface area contributed by atoms with Gasteiger partial charge in [0.05, 0.1) is 0 Å². The molecule has 0 spiro atoms. The van der Waals surface area contributed by atoms with Crippen LogP contribution in [0.5, 0.6) is 0 Å². The van der Waals surface area contributed by atoms with Crippen molar-refractivity contribution in [2.75, 3.05) is 6.54 Å².